The van der Waals surface area contributed by atoms with Crippen molar-refractivity contribution in [3.8, 4) is 0 Å². The number of carbonyl (C=O) groups excluding carboxylic acids is 1. The molecule has 19 nitrogen and oxygen atoms in total. The van der Waals surface area contributed by atoms with Gasteiger partial charge < -0.3 is 89.9 Å². The Kier molecular flexibility index (Phi) is 44.9. The highest BCUT2D eigenvalue weighted by Crippen LogP contribution is 2.33. The molecule has 19 heteroatoms. The number of carbonyl (C=O) groups is 1. The number of nitrogens with one attached hydrogen (secondary N) is 1. The standard InChI is InChI=1S/C70H113NO18/c1-3-5-7-9-11-12-13-14-15-16-17-18-19-20-21-22-23-24-25-26-27-28-29-30-31-32-33-34-35-36-37-38-39-40-42-44-46-48-58(76)71-53(54(75)47-45-43-41-10-8-6-4-2)52-84-68-64(82)61(79)66(56(50-73)86-68)89-70-65(83)62(80)67(57(51-74)87-70)88-69-63(81)60(78)59(77)55(49-72)85-69/h5,7,11-12,14-15,17-18,20-21,23-24,26-27,29-30,32-33,35-36,45,47,53-57,59-70,72-75,77-83H,3-4,6,8-10,13,16,19,22,25,28,31,34,37-44,46,48-52H2,1-2H3,(H,71,76)/b7-5-,12-11-,15-14-,18-17-,21-20-,24-23-,27-26-,30-29-,33-32-,36-35-,47-45+. The minimum absolute atomic E-state index is 0.216. The van der Waals surface area contributed by atoms with Gasteiger partial charge in [0.15, 0.2) is 18.9 Å². The second-order valence-electron chi connectivity index (χ2n) is 22.8. The Morgan fingerprint density at radius 2 is 0.775 bits per heavy atom. The quantitative estimate of drug-likeness (QED) is 0.0204. The molecule has 3 aliphatic rings. The van der Waals surface area contributed by atoms with Gasteiger partial charge >= 0.3 is 0 Å². The van der Waals surface area contributed by atoms with Gasteiger partial charge in [0.1, 0.15) is 73.2 Å². The van der Waals surface area contributed by atoms with Crippen LogP contribution < -0.4 is 5.32 Å². The first-order chi connectivity index (χ1) is 43.3. The number of hydrogen-bond donors (Lipinski definition) is 12. The Morgan fingerprint density at radius 3 is 1.21 bits per heavy atom. The second-order valence-corrected chi connectivity index (χ2v) is 22.8. The van der Waals surface area contributed by atoms with Gasteiger partial charge in [0, 0.05) is 6.42 Å². The first kappa shape index (κ1) is 79.2. The van der Waals surface area contributed by atoms with E-state index in [2.05, 4.69) is 141 Å². The molecule has 506 valence electrons. The molecule has 3 aliphatic heterocycles. The second kappa shape index (κ2) is 50.5. The molecule has 3 heterocycles. The predicted octanol–water partition coefficient (Wildman–Crippen LogP) is 7.82. The van der Waals surface area contributed by atoms with Crippen molar-refractivity contribution in [1.29, 1.82) is 0 Å². The first-order valence-corrected chi connectivity index (χ1v) is 32.9. The minimum atomic E-state index is -1.98. The summed E-state index contributed by atoms with van der Waals surface area (Å²) in [6.45, 7) is 1.48. The maximum atomic E-state index is 13.3. The Morgan fingerprint density at radius 1 is 0.416 bits per heavy atom. The molecule has 0 aromatic carbocycles. The lowest BCUT2D eigenvalue weighted by molar-refractivity contribution is -0.379. The normalized spacial score (nSPS) is 29.1. The summed E-state index contributed by atoms with van der Waals surface area (Å²) in [6, 6.07) is -0.988. The summed E-state index contributed by atoms with van der Waals surface area (Å²) in [6.07, 6.45) is 43.4. The molecular formula is C70H113NO18. The zero-order valence-electron chi connectivity index (χ0n) is 53.1. The third-order valence-electron chi connectivity index (χ3n) is 15.5. The molecule has 0 aliphatic carbocycles. The van der Waals surface area contributed by atoms with Crippen LogP contribution in [0.1, 0.15) is 168 Å². The average molecular weight is 1260 g/mol. The minimum Gasteiger partial charge on any atom is -0.394 e. The Bertz CT molecular complexity index is 2130. The molecule has 0 saturated carbocycles. The fourth-order valence-electron chi connectivity index (χ4n) is 10.1. The Labute approximate surface area is 530 Å². The van der Waals surface area contributed by atoms with Crippen molar-refractivity contribution in [2.45, 2.75) is 272 Å². The van der Waals surface area contributed by atoms with Crippen LogP contribution in [0.4, 0.5) is 0 Å². The largest absolute Gasteiger partial charge is 0.394 e. The molecule has 17 atom stereocenters. The molecule has 0 spiro atoms. The van der Waals surface area contributed by atoms with Gasteiger partial charge in [-0.25, -0.2) is 0 Å². The molecule has 17 unspecified atom stereocenters. The molecule has 0 bridgehead atoms. The SMILES string of the molecule is CC/C=C\C/C=C\C/C=C\C/C=C\C/C=C\C/C=C\C/C=C\C/C=C\C/C=C\C/C=C\CCCCCCCCC(=O)NC(COC1OC(CO)C(OC2OC(CO)C(OC3OC(CO)C(O)C(O)C3O)C(O)C2O)C(O)C1O)C(O)/C=C/CCCCCCC. The summed E-state index contributed by atoms with van der Waals surface area (Å²) >= 11 is 0. The third-order valence-corrected chi connectivity index (χ3v) is 15.5. The van der Waals surface area contributed by atoms with E-state index in [9.17, 15) is 61.0 Å². The van der Waals surface area contributed by atoms with E-state index in [1.165, 1.54) is 0 Å². The van der Waals surface area contributed by atoms with E-state index < -0.39 is 124 Å². The summed E-state index contributed by atoms with van der Waals surface area (Å²) < 4.78 is 34.1. The Hall–Kier alpha value is -4.07. The van der Waals surface area contributed by atoms with E-state index in [0.717, 1.165) is 141 Å². The Balaban J connectivity index is 1.33. The van der Waals surface area contributed by atoms with Gasteiger partial charge in [-0.15, -0.1) is 0 Å². The smallest absolute Gasteiger partial charge is 0.220 e. The van der Waals surface area contributed by atoms with Crippen LogP contribution in [-0.4, -0.2) is 193 Å². The monoisotopic (exact) mass is 1260 g/mol. The fourth-order valence-corrected chi connectivity index (χ4v) is 10.1. The zero-order chi connectivity index (χ0) is 64.7. The lowest BCUT2D eigenvalue weighted by Crippen LogP contribution is -2.66. The van der Waals surface area contributed by atoms with Gasteiger partial charge in [-0.2, -0.15) is 0 Å². The van der Waals surface area contributed by atoms with Crippen LogP contribution in [0.2, 0.25) is 0 Å². The lowest BCUT2D eigenvalue weighted by atomic mass is 9.96. The predicted molar refractivity (Wildman–Crippen MR) is 346 cm³/mol. The molecule has 3 rings (SSSR count). The molecule has 0 aromatic rings. The average Bonchev–Trinajstić information content (AvgIpc) is 2.14. The number of amides is 1. The van der Waals surface area contributed by atoms with Crippen molar-refractivity contribution in [1.82, 2.24) is 5.32 Å². The zero-order valence-corrected chi connectivity index (χ0v) is 53.1. The number of rotatable bonds is 47. The molecule has 0 aromatic heterocycles. The summed E-state index contributed by atoms with van der Waals surface area (Å²) in [7, 11) is 0. The summed E-state index contributed by atoms with van der Waals surface area (Å²) in [4.78, 5) is 13.3. The van der Waals surface area contributed by atoms with Crippen LogP contribution in [0.3, 0.4) is 0 Å². The summed E-state index contributed by atoms with van der Waals surface area (Å²) in [5.41, 5.74) is 0. The van der Waals surface area contributed by atoms with Gasteiger partial charge in [0.05, 0.1) is 38.6 Å². The van der Waals surface area contributed by atoms with Gasteiger partial charge in [0.2, 0.25) is 5.91 Å². The van der Waals surface area contributed by atoms with E-state index in [4.69, 9.17) is 28.4 Å². The van der Waals surface area contributed by atoms with E-state index in [-0.39, 0.29) is 18.9 Å². The van der Waals surface area contributed by atoms with Gasteiger partial charge in [0.25, 0.3) is 0 Å². The third kappa shape index (κ3) is 32.9. The molecule has 89 heavy (non-hydrogen) atoms. The highest BCUT2D eigenvalue weighted by Gasteiger charge is 2.53. The van der Waals surface area contributed by atoms with Crippen LogP contribution >= 0.6 is 0 Å². The molecule has 12 N–H and O–H groups in total. The van der Waals surface area contributed by atoms with E-state index >= 15 is 0 Å². The number of aliphatic hydroxyl groups is 11. The van der Waals surface area contributed by atoms with Crippen LogP contribution in [0, 0.1) is 0 Å². The number of allylic oxidation sites excluding steroid dienone is 21. The maximum Gasteiger partial charge on any atom is 0.220 e. The van der Waals surface area contributed by atoms with Gasteiger partial charge in [-0.05, 0) is 96.3 Å². The molecule has 0 radical (unpaired) electrons. The molecule has 3 saturated heterocycles. The molecule has 1 amide bonds. The van der Waals surface area contributed by atoms with Crippen LogP contribution in [0.15, 0.2) is 134 Å². The number of ether oxygens (including phenoxy) is 6. The lowest BCUT2D eigenvalue weighted by Gasteiger charge is -2.48. The van der Waals surface area contributed by atoms with Crippen molar-refractivity contribution < 1.29 is 89.4 Å². The topological polar surface area (TPSA) is 307 Å². The van der Waals surface area contributed by atoms with Crippen molar-refractivity contribution in [2.24, 2.45) is 0 Å². The number of hydrogen-bond acceptors (Lipinski definition) is 18. The van der Waals surface area contributed by atoms with Crippen molar-refractivity contribution in [2.75, 3.05) is 26.4 Å². The first-order valence-electron chi connectivity index (χ1n) is 32.9. The van der Waals surface area contributed by atoms with E-state index in [1.807, 2.05) is 6.08 Å². The summed E-state index contributed by atoms with van der Waals surface area (Å²) in [5.74, 6) is -0.302. The molecule has 3 fully saturated rings. The highest BCUT2D eigenvalue weighted by molar-refractivity contribution is 5.76. The van der Waals surface area contributed by atoms with Gasteiger partial charge in [-0.1, -0.05) is 199 Å². The van der Waals surface area contributed by atoms with Gasteiger partial charge in [-0.3, -0.25) is 4.79 Å². The van der Waals surface area contributed by atoms with Crippen LogP contribution in [-0.2, 0) is 33.2 Å². The van der Waals surface area contributed by atoms with Crippen molar-refractivity contribution >= 4 is 5.91 Å². The molecular weight excluding hydrogens is 1140 g/mol. The van der Waals surface area contributed by atoms with E-state index in [0.29, 0.717) is 6.42 Å². The highest BCUT2D eigenvalue weighted by atomic mass is 16.8. The van der Waals surface area contributed by atoms with Crippen LogP contribution in [0.25, 0.3) is 0 Å². The van der Waals surface area contributed by atoms with Crippen molar-refractivity contribution in [3.63, 3.8) is 0 Å². The van der Waals surface area contributed by atoms with Crippen molar-refractivity contribution in [3.05, 3.63) is 134 Å². The van der Waals surface area contributed by atoms with E-state index in [1.54, 1.807) is 6.08 Å². The summed E-state index contributed by atoms with van der Waals surface area (Å²) in [5, 5.41) is 120. The number of aliphatic hydroxyl groups excluding tert-OH is 11. The number of unbranched alkanes of at least 4 members (excludes halogenated alkanes) is 11. The maximum absolute atomic E-state index is 13.3. The van der Waals surface area contributed by atoms with Crippen LogP contribution in [0.5, 0.6) is 0 Å². The fraction of sp³-hybridized carbons (Fsp3) is 0.671.